The number of esters is 1. The van der Waals surface area contributed by atoms with Gasteiger partial charge in [0.15, 0.2) is 0 Å². The van der Waals surface area contributed by atoms with E-state index in [1.807, 2.05) is 26.0 Å². The monoisotopic (exact) mass is 554 g/mol. The predicted molar refractivity (Wildman–Crippen MR) is 155 cm³/mol. The third kappa shape index (κ3) is 11.2. The Morgan fingerprint density at radius 2 is 1.88 bits per heavy atom. The minimum Gasteiger partial charge on any atom is -0.508 e. The number of nitrogens with one attached hydrogen (secondary N) is 2. The molecule has 0 unspecified atom stereocenters. The van der Waals surface area contributed by atoms with Gasteiger partial charge in [-0.2, -0.15) is 0 Å². The van der Waals surface area contributed by atoms with Gasteiger partial charge in [-0.3, -0.25) is 9.59 Å². The Balaban J connectivity index is 2.33. The number of aryl methyl sites for hydroxylation is 1. The normalized spacial score (nSPS) is 27.4. The fourth-order valence-electron chi connectivity index (χ4n) is 4.31. The predicted octanol–water partition coefficient (Wildman–Crippen LogP) is 4.12. The van der Waals surface area contributed by atoms with Crippen molar-refractivity contribution in [2.75, 3.05) is 12.4 Å². The molecule has 1 aromatic carbocycles. The highest BCUT2D eigenvalue weighted by Gasteiger charge is 2.29. The summed E-state index contributed by atoms with van der Waals surface area (Å²) in [5.41, 5.74) is 2.04. The van der Waals surface area contributed by atoms with Crippen LogP contribution < -0.4 is 10.6 Å². The van der Waals surface area contributed by atoms with Gasteiger partial charge in [-0.25, -0.2) is 4.79 Å². The molecule has 1 aliphatic rings. The molecule has 9 nitrogen and oxygen atoms in total. The lowest BCUT2D eigenvalue weighted by molar-refractivity contribution is -0.156. The number of phenols is 1. The van der Waals surface area contributed by atoms with Crippen LogP contribution in [0.15, 0.2) is 66.3 Å². The molecule has 4 N–H and O–H groups in total. The molecule has 0 radical (unpaired) electrons. The zero-order valence-corrected chi connectivity index (χ0v) is 23.9. The first-order chi connectivity index (χ1) is 19.0. The van der Waals surface area contributed by atoms with E-state index in [0.717, 1.165) is 11.1 Å². The van der Waals surface area contributed by atoms with Gasteiger partial charge in [0.2, 0.25) is 11.8 Å². The summed E-state index contributed by atoms with van der Waals surface area (Å²) < 4.78 is 11.1. The third-order valence-corrected chi connectivity index (χ3v) is 6.61. The molecule has 5 atom stereocenters. The van der Waals surface area contributed by atoms with Crippen molar-refractivity contribution in [2.24, 2.45) is 5.92 Å². The van der Waals surface area contributed by atoms with Gasteiger partial charge in [-0.15, -0.1) is 0 Å². The molecular formula is C31H42N2O7. The first-order valence-electron chi connectivity index (χ1n) is 13.5. The highest BCUT2D eigenvalue weighted by molar-refractivity contribution is 5.91. The number of ether oxygens (including phenoxy) is 2. The summed E-state index contributed by atoms with van der Waals surface area (Å²) in [7, 11) is 1.53. The van der Waals surface area contributed by atoms with Crippen LogP contribution in [0.5, 0.6) is 5.75 Å². The number of carbonyl (C=O) groups is 3. The first-order valence-corrected chi connectivity index (χ1v) is 13.5. The number of methoxy groups -OCH3 is 1. The Kier molecular flexibility index (Phi) is 13.4. The zero-order chi connectivity index (χ0) is 29.7. The number of benzene rings is 1. The van der Waals surface area contributed by atoms with E-state index in [1.54, 1.807) is 49.4 Å². The minimum absolute atomic E-state index is 0.0412. The molecule has 2 bridgehead atoms. The van der Waals surface area contributed by atoms with Crippen molar-refractivity contribution < 1.29 is 34.1 Å². The second-order valence-electron chi connectivity index (χ2n) is 10.0. The average molecular weight is 555 g/mol. The topological polar surface area (TPSA) is 134 Å². The number of aromatic hydroxyl groups is 1. The number of phenolic OH excluding ortho intramolecular Hbond substituents is 1. The van der Waals surface area contributed by atoms with Crippen LogP contribution in [0, 0.1) is 5.92 Å². The first kappa shape index (κ1) is 32.5. The van der Waals surface area contributed by atoms with Crippen LogP contribution in [-0.2, 0) is 30.3 Å². The van der Waals surface area contributed by atoms with E-state index in [2.05, 4.69) is 10.6 Å². The zero-order valence-electron chi connectivity index (χ0n) is 23.9. The SMILES string of the molecule is CO[C@H]1/C=C/C=C/C=C/C[C@H](OC(=O)[C@H](C)NC(C)=O)[C@H](C)[C@@H](O)/C(C)=C\CCc2cc(O)cc(c2)NC(=O)C1. The number of carbonyl (C=O) groups excluding carboxylic acids is 3. The third-order valence-electron chi connectivity index (χ3n) is 6.61. The Labute approximate surface area is 236 Å². The summed E-state index contributed by atoms with van der Waals surface area (Å²) in [6.07, 6.45) is 12.3. The maximum atomic E-state index is 12.7. The molecule has 9 heteroatoms. The van der Waals surface area contributed by atoms with Crippen molar-refractivity contribution in [3.63, 3.8) is 0 Å². The van der Waals surface area contributed by atoms with Gasteiger partial charge in [0, 0.05) is 38.1 Å². The Morgan fingerprint density at radius 1 is 1.15 bits per heavy atom. The molecule has 1 aromatic rings. The van der Waals surface area contributed by atoms with Gasteiger partial charge in [0.1, 0.15) is 17.9 Å². The van der Waals surface area contributed by atoms with Gasteiger partial charge in [-0.05, 0) is 50.0 Å². The van der Waals surface area contributed by atoms with E-state index in [0.29, 0.717) is 24.9 Å². The van der Waals surface area contributed by atoms with Gasteiger partial charge >= 0.3 is 5.97 Å². The number of anilines is 1. The molecule has 1 aliphatic heterocycles. The van der Waals surface area contributed by atoms with E-state index >= 15 is 0 Å². The standard InChI is InChI=1S/C31H42N2O7/c1-20-12-11-13-24-16-25(18-26(35)17-24)33-29(36)19-27(39-5)14-9-7-6-8-10-15-28(21(2)30(20)37)40-31(38)22(3)32-23(4)34/h6-10,12,14,16-18,21-22,27-28,30,35,37H,11,13,15,19H2,1-5H3,(H,32,34)(H,33,36)/b7-6+,10-8+,14-9+,20-12-/t21-,22-,27-,28-,30-/m0/s1. The number of allylic oxidation sites excluding steroid dienone is 5. The fourth-order valence-corrected chi connectivity index (χ4v) is 4.31. The number of hydrogen-bond acceptors (Lipinski definition) is 7. The summed E-state index contributed by atoms with van der Waals surface area (Å²) in [5, 5.41) is 26.6. The van der Waals surface area contributed by atoms with Crippen LogP contribution in [0.1, 0.15) is 52.5 Å². The van der Waals surface area contributed by atoms with Crippen molar-refractivity contribution in [3.8, 4) is 5.75 Å². The molecule has 218 valence electrons. The molecule has 1 heterocycles. The summed E-state index contributed by atoms with van der Waals surface area (Å²) in [5.74, 6) is -1.55. The number of aliphatic hydroxyl groups is 1. The Hall–Kier alpha value is -3.69. The maximum absolute atomic E-state index is 12.7. The quantitative estimate of drug-likeness (QED) is 0.325. The number of aliphatic hydroxyl groups excluding tert-OH is 1. The number of amides is 2. The maximum Gasteiger partial charge on any atom is 0.328 e. The molecule has 0 saturated heterocycles. The molecule has 0 fully saturated rings. The van der Waals surface area contributed by atoms with Crippen LogP contribution in [0.2, 0.25) is 0 Å². The second-order valence-corrected chi connectivity index (χ2v) is 10.0. The van der Waals surface area contributed by atoms with Crippen LogP contribution >= 0.6 is 0 Å². The fraction of sp³-hybridized carbons (Fsp3) is 0.452. The molecule has 2 amide bonds. The van der Waals surface area contributed by atoms with Crippen LogP contribution in [0.3, 0.4) is 0 Å². The van der Waals surface area contributed by atoms with Gasteiger partial charge in [0.05, 0.1) is 18.6 Å². The van der Waals surface area contributed by atoms with Gasteiger partial charge in [0.25, 0.3) is 0 Å². The van der Waals surface area contributed by atoms with Crippen molar-refractivity contribution in [1.82, 2.24) is 5.32 Å². The van der Waals surface area contributed by atoms with Crippen molar-refractivity contribution in [2.45, 2.75) is 77.7 Å². The Morgan fingerprint density at radius 3 is 2.58 bits per heavy atom. The molecule has 0 saturated carbocycles. The van der Waals surface area contributed by atoms with Crippen LogP contribution in [0.25, 0.3) is 0 Å². The minimum atomic E-state index is -0.875. The summed E-state index contributed by atoms with van der Waals surface area (Å²) in [6.45, 7) is 6.52. The smallest absolute Gasteiger partial charge is 0.328 e. The van der Waals surface area contributed by atoms with Crippen LogP contribution in [0.4, 0.5) is 5.69 Å². The Bertz CT molecular complexity index is 1140. The molecule has 0 aromatic heterocycles. The highest BCUT2D eigenvalue weighted by atomic mass is 16.5. The summed E-state index contributed by atoms with van der Waals surface area (Å²) in [6, 6.07) is 4.11. The van der Waals surface area contributed by atoms with E-state index in [4.69, 9.17) is 9.47 Å². The lowest BCUT2D eigenvalue weighted by atomic mass is 9.90. The molecular weight excluding hydrogens is 512 g/mol. The lowest BCUT2D eigenvalue weighted by Crippen LogP contribution is -2.42. The second kappa shape index (κ2) is 16.4. The molecule has 40 heavy (non-hydrogen) atoms. The van der Waals surface area contributed by atoms with E-state index in [9.17, 15) is 24.6 Å². The van der Waals surface area contributed by atoms with Crippen molar-refractivity contribution >= 4 is 23.5 Å². The molecule has 0 spiro atoms. The molecule has 2 rings (SSSR count). The van der Waals surface area contributed by atoms with Crippen LogP contribution in [-0.4, -0.2) is 59.5 Å². The highest BCUT2D eigenvalue weighted by Crippen LogP contribution is 2.24. The summed E-state index contributed by atoms with van der Waals surface area (Å²) >= 11 is 0. The average Bonchev–Trinajstić information content (AvgIpc) is 2.88. The van der Waals surface area contributed by atoms with E-state index in [1.165, 1.54) is 20.1 Å². The summed E-state index contributed by atoms with van der Waals surface area (Å²) in [4.78, 5) is 36.6. The van der Waals surface area contributed by atoms with Crippen molar-refractivity contribution in [3.05, 3.63) is 71.9 Å². The number of hydrogen-bond donors (Lipinski definition) is 4. The molecule has 0 aliphatic carbocycles. The number of fused-ring (bicyclic) bond motifs is 2. The number of rotatable bonds is 4. The van der Waals surface area contributed by atoms with Gasteiger partial charge in [-0.1, -0.05) is 49.5 Å². The van der Waals surface area contributed by atoms with E-state index < -0.39 is 36.2 Å². The van der Waals surface area contributed by atoms with Gasteiger partial charge < -0.3 is 30.3 Å². The lowest BCUT2D eigenvalue weighted by Gasteiger charge is -2.29. The van der Waals surface area contributed by atoms with E-state index in [-0.39, 0.29) is 24.0 Å². The largest absolute Gasteiger partial charge is 0.508 e. The van der Waals surface area contributed by atoms with Crippen molar-refractivity contribution in [1.29, 1.82) is 0 Å².